The lowest BCUT2D eigenvalue weighted by Gasteiger charge is -2.11. The van der Waals surface area contributed by atoms with Gasteiger partial charge in [-0.15, -0.1) is 0 Å². The van der Waals surface area contributed by atoms with Crippen LogP contribution < -0.4 is 16.0 Å². The molecule has 0 spiro atoms. The van der Waals surface area contributed by atoms with Crippen LogP contribution in [-0.2, 0) is 4.79 Å². The molecule has 0 aliphatic carbocycles. The number of hydrogen-bond donors (Lipinski definition) is 3. The molecule has 2 aromatic rings. The lowest BCUT2D eigenvalue weighted by molar-refractivity contribution is -0.682. The molecule has 25 heavy (non-hydrogen) atoms. The molecule has 0 aliphatic rings. The number of benzene rings is 2. The summed E-state index contributed by atoms with van der Waals surface area (Å²) in [6.07, 6.45) is 0. The van der Waals surface area contributed by atoms with Gasteiger partial charge in [0.2, 0.25) is 0 Å². The van der Waals surface area contributed by atoms with Crippen LogP contribution in [0.4, 0.5) is 11.4 Å². The molecule has 1 amide bonds. The SMILES string of the molecule is C[C@@H]([NH2+]CC(=O)NCCNc1ccc([N+](=O)[O-])cc1)c1ccccc1. The number of nitrogens with zero attached hydrogens (tertiary/aromatic N) is 1. The van der Waals surface area contributed by atoms with Gasteiger partial charge in [-0.2, -0.15) is 0 Å². The van der Waals surface area contributed by atoms with Crippen molar-refractivity contribution in [2.24, 2.45) is 0 Å². The van der Waals surface area contributed by atoms with E-state index in [1.807, 2.05) is 35.6 Å². The van der Waals surface area contributed by atoms with E-state index in [0.29, 0.717) is 19.6 Å². The van der Waals surface area contributed by atoms with Gasteiger partial charge in [0.15, 0.2) is 6.54 Å². The van der Waals surface area contributed by atoms with Gasteiger partial charge in [-0.25, -0.2) is 0 Å². The Bertz CT molecular complexity index is 689. The molecule has 2 rings (SSSR count). The van der Waals surface area contributed by atoms with Gasteiger partial charge in [0.1, 0.15) is 6.04 Å². The van der Waals surface area contributed by atoms with Crippen molar-refractivity contribution in [2.75, 3.05) is 25.0 Å². The largest absolute Gasteiger partial charge is 0.383 e. The smallest absolute Gasteiger partial charge is 0.275 e. The fraction of sp³-hybridized carbons (Fsp3) is 0.278. The molecule has 0 fully saturated rings. The van der Waals surface area contributed by atoms with E-state index in [1.165, 1.54) is 17.7 Å². The van der Waals surface area contributed by atoms with E-state index < -0.39 is 4.92 Å². The second kappa shape index (κ2) is 9.39. The van der Waals surface area contributed by atoms with Crippen molar-refractivity contribution in [3.63, 3.8) is 0 Å². The minimum Gasteiger partial charge on any atom is -0.383 e. The number of carbonyl (C=O) groups excluding carboxylic acids is 1. The third-order valence-electron chi connectivity index (χ3n) is 3.84. The third kappa shape index (κ3) is 6.23. The molecule has 1 atom stereocenters. The van der Waals surface area contributed by atoms with E-state index in [2.05, 4.69) is 17.6 Å². The highest BCUT2D eigenvalue weighted by atomic mass is 16.6. The van der Waals surface area contributed by atoms with Crippen molar-refractivity contribution in [3.8, 4) is 0 Å². The summed E-state index contributed by atoms with van der Waals surface area (Å²) < 4.78 is 0. The number of carbonyl (C=O) groups is 1. The molecule has 0 unspecified atom stereocenters. The summed E-state index contributed by atoms with van der Waals surface area (Å²) in [6.45, 7) is 3.48. The summed E-state index contributed by atoms with van der Waals surface area (Å²) in [6, 6.07) is 16.5. The highest BCUT2D eigenvalue weighted by molar-refractivity contribution is 5.76. The Kier molecular flexibility index (Phi) is 6.91. The molecule has 0 saturated heterocycles. The number of rotatable bonds is 9. The van der Waals surface area contributed by atoms with E-state index in [1.54, 1.807) is 12.1 Å². The Morgan fingerprint density at radius 2 is 1.80 bits per heavy atom. The first-order valence-corrected chi connectivity index (χ1v) is 8.19. The standard InChI is InChI=1S/C18H22N4O3/c1-14(15-5-3-2-4-6-15)21-13-18(23)20-12-11-19-16-7-9-17(10-8-16)22(24)25/h2-10,14,19,21H,11-13H2,1H3,(H,20,23)/p+1/t14-/m1/s1. The molecule has 0 aromatic heterocycles. The highest BCUT2D eigenvalue weighted by Crippen LogP contribution is 2.14. The van der Waals surface area contributed by atoms with Crippen molar-refractivity contribution < 1.29 is 15.0 Å². The van der Waals surface area contributed by atoms with Gasteiger partial charge in [0.25, 0.3) is 11.6 Å². The number of amides is 1. The van der Waals surface area contributed by atoms with Crippen LogP contribution in [-0.4, -0.2) is 30.5 Å². The average Bonchev–Trinajstić information content (AvgIpc) is 2.64. The van der Waals surface area contributed by atoms with Gasteiger partial charge in [0.05, 0.1) is 4.92 Å². The summed E-state index contributed by atoms with van der Waals surface area (Å²) in [5, 5.41) is 18.5. The maximum absolute atomic E-state index is 11.9. The quantitative estimate of drug-likeness (QED) is 0.364. The zero-order valence-electron chi connectivity index (χ0n) is 14.1. The maximum Gasteiger partial charge on any atom is 0.275 e. The minimum absolute atomic E-state index is 0.0201. The van der Waals surface area contributed by atoms with Crippen LogP contribution in [0, 0.1) is 10.1 Å². The third-order valence-corrected chi connectivity index (χ3v) is 3.84. The summed E-state index contributed by atoms with van der Waals surface area (Å²) in [4.78, 5) is 22.0. The minimum atomic E-state index is -0.434. The van der Waals surface area contributed by atoms with Crippen LogP contribution >= 0.6 is 0 Å². The van der Waals surface area contributed by atoms with Crippen LogP contribution in [0.3, 0.4) is 0 Å². The van der Waals surface area contributed by atoms with Crippen LogP contribution in [0.1, 0.15) is 18.5 Å². The van der Waals surface area contributed by atoms with Crippen molar-refractivity contribution in [2.45, 2.75) is 13.0 Å². The van der Waals surface area contributed by atoms with Gasteiger partial charge in [-0.1, -0.05) is 30.3 Å². The Morgan fingerprint density at radius 1 is 1.12 bits per heavy atom. The zero-order chi connectivity index (χ0) is 18.1. The van der Waals surface area contributed by atoms with Crippen LogP contribution in [0.15, 0.2) is 54.6 Å². The number of anilines is 1. The Hall–Kier alpha value is -2.93. The molecule has 4 N–H and O–H groups in total. The molecule has 2 aromatic carbocycles. The molecule has 7 heteroatoms. The van der Waals surface area contributed by atoms with Gasteiger partial charge in [-0.05, 0) is 19.1 Å². The van der Waals surface area contributed by atoms with Crippen molar-refractivity contribution in [1.82, 2.24) is 5.32 Å². The van der Waals surface area contributed by atoms with Crippen molar-refractivity contribution in [1.29, 1.82) is 0 Å². The molecular formula is C18H23N4O3+. The van der Waals surface area contributed by atoms with Crippen molar-refractivity contribution >= 4 is 17.3 Å². The molecule has 0 heterocycles. The summed E-state index contributed by atoms with van der Waals surface area (Å²) in [5.74, 6) is -0.0201. The average molecular weight is 343 g/mol. The molecule has 0 saturated carbocycles. The fourth-order valence-corrected chi connectivity index (χ4v) is 2.36. The van der Waals surface area contributed by atoms with E-state index in [4.69, 9.17) is 0 Å². The van der Waals surface area contributed by atoms with E-state index >= 15 is 0 Å². The Labute approximate surface area is 146 Å². The summed E-state index contributed by atoms with van der Waals surface area (Å²) in [5.41, 5.74) is 2.03. The molecule has 0 radical (unpaired) electrons. The second-order valence-electron chi connectivity index (χ2n) is 5.72. The first-order valence-electron chi connectivity index (χ1n) is 8.19. The summed E-state index contributed by atoms with van der Waals surface area (Å²) >= 11 is 0. The van der Waals surface area contributed by atoms with Gasteiger partial charge >= 0.3 is 0 Å². The number of nitro benzene ring substituents is 1. The Morgan fingerprint density at radius 3 is 2.44 bits per heavy atom. The maximum atomic E-state index is 11.9. The van der Waals surface area contributed by atoms with Crippen molar-refractivity contribution in [3.05, 3.63) is 70.3 Å². The highest BCUT2D eigenvalue weighted by Gasteiger charge is 2.10. The molecule has 132 valence electrons. The fourth-order valence-electron chi connectivity index (χ4n) is 2.36. The summed E-state index contributed by atoms with van der Waals surface area (Å²) in [7, 11) is 0. The molecule has 0 aliphatic heterocycles. The number of nitrogens with one attached hydrogen (secondary N) is 2. The first kappa shape index (κ1) is 18.4. The normalized spacial score (nSPS) is 11.6. The number of quaternary nitrogens is 1. The second-order valence-corrected chi connectivity index (χ2v) is 5.72. The topological polar surface area (TPSA) is 101 Å². The lowest BCUT2D eigenvalue weighted by Crippen LogP contribution is -2.87. The lowest BCUT2D eigenvalue weighted by atomic mass is 10.1. The molecule has 0 bridgehead atoms. The predicted molar refractivity (Wildman–Crippen MR) is 96.2 cm³/mol. The van der Waals surface area contributed by atoms with Gasteiger partial charge in [-0.3, -0.25) is 14.9 Å². The van der Waals surface area contributed by atoms with Gasteiger partial charge in [0, 0.05) is 36.5 Å². The number of nitro groups is 1. The van der Waals surface area contributed by atoms with Gasteiger partial charge < -0.3 is 16.0 Å². The molecule has 7 nitrogen and oxygen atoms in total. The van der Waals surface area contributed by atoms with E-state index in [9.17, 15) is 14.9 Å². The predicted octanol–water partition coefficient (Wildman–Crippen LogP) is 1.45. The number of hydrogen-bond acceptors (Lipinski definition) is 4. The van der Waals surface area contributed by atoms with Crippen LogP contribution in [0.2, 0.25) is 0 Å². The van der Waals surface area contributed by atoms with E-state index in [-0.39, 0.29) is 17.6 Å². The first-order chi connectivity index (χ1) is 12.1. The molecular weight excluding hydrogens is 320 g/mol. The van der Waals surface area contributed by atoms with Crippen LogP contribution in [0.5, 0.6) is 0 Å². The number of non-ortho nitro benzene ring substituents is 1. The van der Waals surface area contributed by atoms with E-state index in [0.717, 1.165) is 5.69 Å². The van der Waals surface area contributed by atoms with Crippen LogP contribution in [0.25, 0.3) is 0 Å². The number of nitrogens with two attached hydrogens (primary N) is 1. The monoisotopic (exact) mass is 343 g/mol. The zero-order valence-corrected chi connectivity index (χ0v) is 14.1. The Balaban J connectivity index is 1.63.